The Morgan fingerprint density at radius 3 is 1.78 bits per heavy atom. The molecule has 2 saturated heterocycles. The van der Waals surface area contributed by atoms with Crippen molar-refractivity contribution in [2.45, 2.75) is 146 Å². The third kappa shape index (κ3) is 17.6. The van der Waals surface area contributed by atoms with Crippen molar-refractivity contribution >= 4 is 77.6 Å². The highest BCUT2D eigenvalue weighted by atomic mass is 32.2. The molecule has 0 radical (unpaired) electrons. The van der Waals surface area contributed by atoms with E-state index in [4.69, 9.17) is 5.73 Å². The van der Waals surface area contributed by atoms with Crippen LogP contribution in [-0.2, 0) is 56.0 Å². The van der Waals surface area contributed by atoms with Crippen LogP contribution in [0.3, 0.4) is 0 Å². The van der Waals surface area contributed by atoms with Crippen molar-refractivity contribution in [2.75, 3.05) is 30.9 Å². The summed E-state index contributed by atoms with van der Waals surface area (Å²) in [6, 6.07) is 3.65. The lowest BCUT2D eigenvalue weighted by atomic mass is 10.0. The number of aromatic hydroxyl groups is 1. The van der Waals surface area contributed by atoms with E-state index in [-0.39, 0.29) is 67.4 Å². The number of carbonyl (C=O) groups is 9. The van der Waals surface area contributed by atoms with Crippen molar-refractivity contribution in [2.24, 2.45) is 17.6 Å². The first-order valence-corrected chi connectivity index (χ1v) is 27.1. The van der Waals surface area contributed by atoms with Gasteiger partial charge in [-0.2, -0.15) is 24.4 Å². The minimum Gasteiger partial charge on any atom is -0.508 e. The van der Waals surface area contributed by atoms with Crippen LogP contribution in [0.4, 0.5) is 0 Å². The largest absolute Gasteiger partial charge is 0.508 e. The first-order chi connectivity index (χ1) is 35.1. The zero-order chi connectivity index (χ0) is 54.8. The Labute approximate surface area is 442 Å². The van der Waals surface area contributed by atoms with Gasteiger partial charge in [-0.25, -0.2) is 4.79 Å². The molecule has 0 aromatic heterocycles. The lowest BCUT2D eigenvalue weighted by Gasteiger charge is -2.33. The number of phenols is 1. The van der Waals surface area contributed by atoms with Gasteiger partial charge >= 0.3 is 5.97 Å². The average molecular weight is 1070 g/mol. The number of hydrogen-bond acceptors (Lipinski definition) is 14. The van der Waals surface area contributed by atoms with Gasteiger partial charge in [0.05, 0.1) is 12.1 Å². The molecule has 0 bridgehead atoms. The maximum absolute atomic E-state index is 14.2. The molecule has 4 rings (SSSR count). The zero-order valence-electron chi connectivity index (χ0n) is 43.0. The van der Waals surface area contributed by atoms with Gasteiger partial charge in [0, 0.05) is 31.7 Å². The predicted molar refractivity (Wildman–Crippen MR) is 281 cm³/mol. The number of nitrogens with one attached hydrogen (secondary N) is 6. The number of phenolic OH excluding ortho intramolecular Hbond substituents is 1. The molecular weight excluding hydrogens is 995 g/mol. The second-order valence-corrected chi connectivity index (χ2v) is 21.0. The minimum absolute atomic E-state index is 0.0198. The van der Waals surface area contributed by atoms with E-state index in [1.165, 1.54) is 52.8 Å². The SMILES string of the molecule is CSCC[C@H](NC(=O)[C@H](CC(C)C)NC(=O)[C@@H](NC(=O)[C@H](Cc1ccccc1)NC(=O)[C@H](CS)NC(=O)[C@@H]1CCCN1C(=O)[C@@H]1CCCN1C(=O)[C@@H](N)C(C)C)[C@@H](C)O)C(=O)N[C@@H](Cc1ccc(O)cc1)C(=O)O. The number of rotatable bonds is 27. The van der Waals surface area contributed by atoms with E-state index in [1.54, 1.807) is 50.4 Å². The summed E-state index contributed by atoms with van der Waals surface area (Å²) < 4.78 is 0. The molecule has 11 N–H and O–H groups in total. The molecule has 2 aliphatic rings. The second-order valence-electron chi connectivity index (χ2n) is 19.7. The number of nitrogens with zero attached hydrogens (tertiary/aromatic N) is 2. The third-order valence-corrected chi connectivity index (χ3v) is 14.0. The molecule has 8 amide bonds. The van der Waals surface area contributed by atoms with Crippen LogP contribution in [-0.4, -0.2) is 170 Å². The van der Waals surface area contributed by atoms with Gasteiger partial charge in [-0.15, -0.1) is 0 Å². The standard InChI is InChI=1S/C51H75N9O12S2/c1-28(2)24-35(44(64)53-34(20-23-74-6)43(63)56-37(51(71)72)26-32-16-18-33(62)19-17-32)55-48(68)42(30(5)61)58-45(65)36(25-31-12-8-7-9-13-31)54-46(66)38(27-73)57-47(67)39-14-10-21-59(39)49(69)40-15-11-22-60(40)50(70)41(52)29(3)4/h7-9,12-13,16-19,28-30,34-42,61-62,73H,10-11,14-15,20-27,52H2,1-6H3,(H,53,64)(H,54,66)(H,55,68)(H,56,63)(H,57,67)(H,58,65)(H,71,72)/t30-,34+,35+,36+,37+,38+,39+,40+,41+,42+/m1/s1. The number of thiol groups is 1. The van der Waals surface area contributed by atoms with Gasteiger partial charge in [-0.3, -0.25) is 38.4 Å². The molecule has 23 heteroatoms. The van der Waals surface area contributed by atoms with E-state index in [9.17, 15) is 58.5 Å². The van der Waals surface area contributed by atoms with Crippen molar-refractivity contribution in [3.63, 3.8) is 0 Å². The van der Waals surface area contributed by atoms with Crippen molar-refractivity contribution in [3.05, 3.63) is 65.7 Å². The van der Waals surface area contributed by atoms with Crippen LogP contribution in [0, 0.1) is 11.8 Å². The molecule has 21 nitrogen and oxygen atoms in total. The summed E-state index contributed by atoms with van der Waals surface area (Å²) in [7, 11) is 0. The van der Waals surface area contributed by atoms with E-state index in [0.29, 0.717) is 49.1 Å². The summed E-state index contributed by atoms with van der Waals surface area (Å²) in [5, 5.41) is 46.2. The van der Waals surface area contributed by atoms with Crippen LogP contribution in [0.15, 0.2) is 54.6 Å². The lowest BCUT2D eigenvalue weighted by molar-refractivity contribution is -0.147. The summed E-state index contributed by atoms with van der Waals surface area (Å²) in [5.41, 5.74) is 7.29. The second kappa shape index (κ2) is 29.3. The summed E-state index contributed by atoms with van der Waals surface area (Å²) >= 11 is 5.72. The van der Waals surface area contributed by atoms with Gasteiger partial charge in [0.15, 0.2) is 0 Å². The van der Waals surface area contributed by atoms with Gasteiger partial charge in [0.2, 0.25) is 47.3 Å². The van der Waals surface area contributed by atoms with Crippen molar-refractivity contribution < 1.29 is 58.5 Å². The first kappa shape index (κ1) is 60.6. The number of nitrogens with two attached hydrogens (primary N) is 1. The molecule has 408 valence electrons. The topological polar surface area (TPSA) is 319 Å². The highest BCUT2D eigenvalue weighted by Crippen LogP contribution is 2.26. The highest BCUT2D eigenvalue weighted by molar-refractivity contribution is 7.98. The molecule has 2 fully saturated rings. The molecule has 2 aliphatic heterocycles. The quantitative estimate of drug-likeness (QED) is 0.0535. The lowest BCUT2D eigenvalue weighted by Crippen LogP contribution is -2.62. The fraction of sp³-hybridized carbons (Fsp3) is 0.588. The third-order valence-electron chi connectivity index (χ3n) is 13.0. The van der Waals surface area contributed by atoms with Gasteiger partial charge < -0.3 is 62.8 Å². The van der Waals surface area contributed by atoms with Crippen LogP contribution >= 0.6 is 24.4 Å². The molecular formula is C51H75N9O12S2. The van der Waals surface area contributed by atoms with E-state index >= 15 is 0 Å². The van der Waals surface area contributed by atoms with Gasteiger partial charge in [0.25, 0.3) is 0 Å². The molecule has 74 heavy (non-hydrogen) atoms. The van der Waals surface area contributed by atoms with Crippen LogP contribution in [0.2, 0.25) is 0 Å². The number of aliphatic hydroxyl groups is 1. The number of aliphatic carboxylic acids is 1. The number of carboxylic acid groups (broad SMARTS) is 1. The Morgan fingerprint density at radius 1 is 0.676 bits per heavy atom. The number of likely N-dealkylation sites (tertiary alicyclic amines) is 2. The van der Waals surface area contributed by atoms with Crippen molar-refractivity contribution in [3.8, 4) is 5.75 Å². The Hall–Kier alpha value is -5.91. The number of benzene rings is 2. The number of carbonyl (C=O) groups excluding carboxylic acids is 8. The summed E-state index contributed by atoms with van der Waals surface area (Å²) in [5.74, 6) is -7.08. The van der Waals surface area contributed by atoms with Crippen molar-refractivity contribution in [1.29, 1.82) is 0 Å². The van der Waals surface area contributed by atoms with Gasteiger partial charge in [0.1, 0.15) is 54.1 Å². The van der Waals surface area contributed by atoms with Gasteiger partial charge in [-0.1, -0.05) is 70.2 Å². The fourth-order valence-electron chi connectivity index (χ4n) is 8.79. The maximum atomic E-state index is 14.2. The minimum atomic E-state index is -1.68. The van der Waals surface area contributed by atoms with E-state index in [1.807, 2.05) is 13.8 Å². The number of amides is 8. The smallest absolute Gasteiger partial charge is 0.326 e. The van der Waals surface area contributed by atoms with Crippen LogP contribution < -0.4 is 37.6 Å². The molecule has 0 saturated carbocycles. The van der Waals surface area contributed by atoms with Crippen molar-refractivity contribution in [1.82, 2.24) is 41.7 Å². The molecule has 0 aliphatic carbocycles. The molecule has 2 aromatic carbocycles. The van der Waals surface area contributed by atoms with Crippen LogP contribution in [0.1, 0.15) is 84.3 Å². The average Bonchev–Trinajstić information content (AvgIpc) is 4.07. The summed E-state index contributed by atoms with van der Waals surface area (Å²) in [6.45, 7) is 9.10. The molecule has 2 heterocycles. The normalized spacial score (nSPS) is 18.7. The molecule has 0 unspecified atom stereocenters. The monoisotopic (exact) mass is 1070 g/mol. The number of hydrogen-bond donors (Lipinski definition) is 11. The van der Waals surface area contributed by atoms with E-state index in [2.05, 4.69) is 44.5 Å². The predicted octanol–water partition coefficient (Wildman–Crippen LogP) is 0.246. The number of aliphatic hydroxyl groups excluding tert-OH is 1. The zero-order valence-corrected chi connectivity index (χ0v) is 44.7. The molecule has 2 aromatic rings. The number of thioether (sulfide) groups is 1. The Morgan fingerprint density at radius 2 is 1.20 bits per heavy atom. The van der Waals surface area contributed by atoms with Gasteiger partial charge in [-0.05, 0) is 92.6 Å². The molecule has 10 atom stereocenters. The Kier molecular flexibility index (Phi) is 24.0. The maximum Gasteiger partial charge on any atom is 0.326 e. The van der Waals surface area contributed by atoms with Crippen LogP contribution in [0.25, 0.3) is 0 Å². The van der Waals surface area contributed by atoms with E-state index < -0.39 is 102 Å². The Bertz CT molecular complexity index is 2260. The fourth-order valence-corrected chi connectivity index (χ4v) is 9.52. The summed E-state index contributed by atoms with van der Waals surface area (Å²) in [4.78, 5) is 126. The highest BCUT2D eigenvalue weighted by Gasteiger charge is 2.44. The van der Waals surface area contributed by atoms with E-state index in [0.717, 1.165) is 0 Å². The summed E-state index contributed by atoms with van der Waals surface area (Å²) in [6.07, 6.45) is 2.00. The first-order valence-electron chi connectivity index (χ1n) is 25.1. The van der Waals surface area contributed by atoms with Crippen LogP contribution in [0.5, 0.6) is 5.75 Å². The number of carboxylic acids is 1. The Balaban J connectivity index is 1.48. The molecule has 0 spiro atoms.